The minimum Gasteiger partial charge on any atom is -0.385 e. The Morgan fingerprint density at radius 3 is 2.54 bits per heavy atom. The number of rotatable bonds is 7. The van der Waals surface area contributed by atoms with Crippen molar-refractivity contribution in [3.63, 3.8) is 0 Å². The van der Waals surface area contributed by atoms with Gasteiger partial charge in [-0.15, -0.1) is 0 Å². The average Bonchev–Trinajstić information content (AvgIpc) is 3.07. The van der Waals surface area contributed by atoms with E-state index in [0.717, 1.165) is 65.8 Å². The van der Waals surface area contributed by atoms with Crippen molar-refractivity contribution in [2.24, 2.45) is 0 Å². The molecule has 28 heavy (non-hydrogen) atoms. The molecule has 2 aromatic carbocycles. The van der Waals surface area contributed by atoms with E-state index in [1.807, 2.05) is 18.2 Å². The van der Waals surface area contributed by atoms with Crippen molar-refractivity contribution in [3.05, 3.63) is 59.9 Å². The number of imidazole rings is 1. The molecular weight excluding hydrogens is 346 g/mol. The lowest BCUT2D eigenvalue weighted by Gasteiger charge is -2.12. The minimum absolute atomic E-state index is 0.507. The van der Waals surface area contributed by atoms with Crippen LogP contribution in [0.2, 0.25) is 0 Å². The third-order valence-electron chi connectivity index (χ3n) is 5.12. The van der Waals surface area contributed by atoms with E-state index in [1.54, 1.807) is 0 Å². The van der Waals surface area contributed by atoms with Crippen molar-refractivity contribution < 1.29 is 0 Å². The molecule has 0 spiro atoms. The standard InChI is InChI=1S/C23H27N5/c1-3-5-10-20-27-21-22(18-8-6-7-9-19(18)26-23(21)24)28(20)15-16-11-13-17(14-12-16)25-4-2/h6-9,11-14,25H,3-5,10,15H2,1-2H3,(H2,24,26). The number of nitrogens with zero attached hydrogens (tertiary/aromatic N) is 3. The lowest BCUT2D eigenvalue weighted by molar-refractivity contribution is 0.691. The highest BCUT2D eigenvalue weighted by Crippen LogP contribution is 2.30. The molecule has 0 unspecified atom stereocenters. The second kappa shape index (κ2) is 7.89. The number of fused-ring (bicyclic) bond motifs is 3. The van der Waals surface area contributed by atoms with E-state index in [0.29, 0.717) is 5.82 Å². The number of benzene rings is 2. The summed E-state index contributed by atoms with van der Waals surface area (Å²) >= 11 is 0. The number of anilines is 2. The number of nitrogen functional groups attached to an aromatic ring is 1. The molecule has 0 saturated heterocycles. The van der Waals surface area contributed by atoms with E-state index in [9.17, 15) is 0 Å². The topological polar surface area (TPSA) is 68.8 Å². The molecule has 4 rings (SSSR count). The maximum Gasteiger partial charge on any atom is 0.152 e. The first-order chi connectivity index (χ1) is 13.7. The van der Waals surface area contributed by atoms with Crippen LogP contribution in [0.15, 0.2) is 48.5 Å². The van der Waals surface area contributed by atoms with Crippen LogP contribution in [-0.2, 0) is 13.0 Å². The SMILES string of the molecule is CCCCc1nc2c(N)nc3ccccc3c2n1Cc1ccc(NCC)cc1. The van der Waals surface area contributed by atoms with Gasteiger partial charge in [0.1, 0.15) is 11.3 Å². The quantitative estimate of drug-likeness (QED) is 0.479. The van der Waals surface area contributed by atoms with Crippen LogP contribution in [-0.4, -0.2) is 21.1 Å². The molecule has 5 heteroatoms. The number of nitrogens with two attached hydrogens (primary N) is 1. The number of hydrogen-bond donors (Lipinski definition) is 2. The summed E-state index contributed by atoms with van der Waals surface area (Å²) in [5.74, 6) is 1.59. The Morgan fingerprint density at radius 2 is 1.79 bits per heavy atom. The monoisotopic (exact) mass is 373 g/mol. The first-order valence-electron chi connectivity index (χ1n) is 10.1. The second-order valence-corrected chi connectivity index (χ2v) is 7.16. The van der Waals surface area contributed by atoms with Crippen LogP contribution in [0.1, 0.15) is 38.1 Å². The van der Waals surface area contributed by atoms with Crippen molar-refractivity contribution >= 4 is 33.4 Å². The molecule has 0 saturated carbocycles. The van der Waals surface area contributed by atoms with Gasteiger partial charge in [0.15, 0.2) is 5.82 Å². The fourth-order valence-corrected chi connectivity index (χ4v) is 3.72. The van der Waals surface area contributed by atoms with E-state index in [2.05, 4.69) is 59.0 Å². The fourth-order valence-electron chi connectivity index (χ4n) is 3.72. The Kier molecular flexibility index (Phi) is 5.15. The fraction of sp³-hybridized carbons (Fsp3) is 0.304. The van der Waals surface area contributed by atoms with Gasteiger partial charge < -0.3 is 15.6 Å². The van der Waals surface area contributed by atoms with Gasteiger partial charge in [-0.05, 0) is 37.1 Å². The van der Waals surface area contributed by atoms with Gasteiger partial charge >= 0.3 is 0 Å². The highest BCUT2D eigenvalue weighted by atomic mass is 15.1. The van der Waals surface area contributed by atoms with E-state index < -0.39 is 0 Å². The Labute approximate surface area is 165 Å². The molecule has 0 amide bonds. The first-order valence-corrected chi connectivity index (χ1v) is 10.1. The minimum atomic E-state index is 0.507. The van der Waals surface area contributed by atoms with Gasteiger partial charge in [0.25, 0.3) is 0 Å². The van der Waals surface area contributed by atoms with Gasteiger partial charge in [-0.25, -0.2) is 9.97 Å². The van der Waals surface area contributed by atoms with Crippen molar-refractivity contribution in [1.29, 1.82) is 0 Å². The summed E-state index contributed by atoms with van der Waals surface area (Å²) in [6.45, 7) is 6.01. The summed E-state index contributed by atoms with van der Waals surface area (Å²) in [5, 5.41) is 4.45. The lowest BCUT2D eigenvalue weighted by Crippen LogP contribution is -2.06. The van der Waals surface area contributed by atoms with Crippen molar-refractivity contribution in [1.82, 2.24) is 14.5 Å². The van der Waals surface area contributed by atoms with E-state index in [1.165, 1.54) is 5.56 Å². The molecule has 0 fully saturated rings. The number of aryl methyl sites for hydroxylation is 1. The predicted octanol–water partition coefficient (Wildman–Crippen LogP) is 4.99. The Bertz CT molecular complexity index is 1100. The van der Waals surface area contributed by atoms with Crippen LogP contribution in [0.25, 0.3) is 21.9 Å². The first kappa shape index (κ1) is 18.3. The molecule has 2 heterocycles. The Balaban J connectivity index is 1.86. The molecule has 0 radical (unpaired) electrons. The Hall–Kier alpha value is -3.08. The molecular formula is C23H27N5. The molecule has 0 aliphatic carbocycles. The Morgan fingerprint density at radius 1 is 1.00 bits per heavy atom. The van der Waals surface area contributed by atoms with Gasteiger partial charge in [-0.1, -0.05) is 43.7 Å². The zero-order valence-electron chi connectivity index (χ0n) is 16.6. The normalized spacial score (nSPS) is 11.4. The molecule has 144 valence electrons. The number of pyridine rings is 1. The summed E-state index contributed by atoms with van der Waals surface area (Å²) in [5.41, 5.74) is 11.5. The maximum absolute atomic E-state index is 6.28. The predicted molar refractivity (Wildman–Crippen MR) is 118 cm³/mol. The molecule has 3 N–H and O–H groups in total. The highest BCUT2D eigenvalue weighted by molar-refractivity contribution is 6.06. The van der Waals surface area contributed by atoms with Gasteiger partial charge in [0, 0.05) is 30.6 Å². The summed E-state index contributed by atoms with van der Waals surface area (Å²) in [6, 6.07) is 16.8. The number of aromatic nitrogens is 3. The van der Waals surface area contributed by atoms with Crippen LogP contribution in [0, 0.1) is 0 Å². The smallest absolute Gasteiger partial charge is 0.152 e. The van der Waals surface area contributed by atoms with Crippen molar-refractivity contribution in [3.8, 4) is 0 Å². The summed E-state index contributed by atoms with van der Waals surface area (Å²) in [4.78, 5) is 9.48. The molecule has 2 aromatic heterocycles. The lowest BCUT2D eigenvalue weighted by atomic mass is 10.1. The van der Waals surface area contributed by atoms with E-state index in [-0.39, 0.29) is 0 Å². The van der Waals surface area contributed by atoms with Gasteiger partial charge in [0.2, 0.25) is 0 Å². The molecule has 4 aromatic rings. The summed E-state index contributed by atoms with van der Waals surface area (Å²) < 4.78 is 2.33. The largest absolute Gasteiger partial charge is 0.385 e. The number of unbranched alkanes of at least 4 members (excludes halogenated alkanes) is 1. The van der Waals surface area contributed by atoms with Gasteiger partial charge in [-0.2, -0.15) is 0 Å². The van der Waals surface area contributed by atoms with Crippen LogP contribution in [0.4, 0.5) is 11.5 Å². The average molecular weight is 374 g/mol. The molecule has 0 bridgehead atoms. The van der Waals surface area contributed by atoms with E-state index in [4.69, 9.17) is 10.7 Å². The van der Waals surface area contributed by atoms with Crippen molar-refractivity contribution in [2.75, 3.05) is 17.6 Å². The zero-order chi connectivity index (χ0) is 19.5. The zero-order valence-corrected chi connectivity index (χ0v) is 16.6. The second-order valence-electron chi connectivity index (χ2n) is 7.16. The maximum atomic E-state index is 6.28. The highest BCUT2D eigenvalue weighted by Gasteiger charge is 2.17. The van der Waals surface area contributed by atoms with Crippen LogP contribution in [0.3, 0.4) is 0 Å². The van der Waals surface area contributed by atoms with E-state index >= 15 is 0 Å². The third kappa shape index (κ3) is 3.40. The van der Waals surface area contributed by atoms with Crippen LogP contribution < -0.4 is 11.1 Å². The van der Waals surface area contributed by atoms with Crippen LogP contribution >= 0.6 is 0 Å². The summed E-state index contributed by atoms with van der Waals surface area (Å²) in [6.07, 6.45) is 3.18. The van der Waals surface area contributed by atoms with Gasteiger partial charge in [0.05, 0.1) is 11.0 Å². The van der Waals surface area contributed by atoms with Gasteiger partial charge in [-0.3, -0.25) is 0 Å². The molecule has 0 aliphatic heterocycles. The van der Waals surface area contributed by atoms with Crippen molar-refractivity contribution in [2.45, 2.75) is 39.7 Å². The number of nitrogens with one attached hydrogen (secondary N) is 1. The number of para-hydroxylation sites is 1. The summed E-state index contributed by atoms with van der Waals surface area (Å²) in [7, 11) is 0. The molecule has 0 atom stereocenters. The third-order valence-corrected chi connectivity index (χ3v) is 5.12. The van der Waals surface area contributed by atoms with Crippen LogP contribution in [0.5, 0.6) is 0 Å². The molecule has 0 aliphatic rings. The molecule has 5 nitrogen and oxygen atoms in total. The number of hydrogen-bond acceptors (Lipinski definition) is 4.